The van der Waals surface area contributed by atoms with Gasteiger partial charge in [0.25, 0.3) is 0 Å². The van der Waals surface area contributed by atoms with Gasteiger partial charge >= 0.3 is 0 Å². The lowest BCUT2D eigenvalue weighted by molar-refractivity contribution is 0.507. The van der Waals surface area contributed by atoms with Crippen molar-refractivity contribution in [2.45, 2.75) is 6.54 Å². The van der Waals surface area contributed by atoms with Crippen LogP contribution in [0.5, 0.6) is 0 Å². The maximum Gasteiger partial charge on any atom is 0.160 e. The zero-order valence-corrected chi connectivity index (χ0v) is 8.61. The Bertz CT molecular complexity index is 495. The fourth-order valence-corrected chi connectivity index (χ4v) is 1.31. The highest BCUT2D eigenvalue weighted by atomic mass is 19.2. The van der Waals surface area contributed by atoms with E-state index < -0.39 is 11.6 Å². The second-order valence-electron chi connectivity index (χ2n) is 3.28. The summed E-state index contributed by atoms with van der Waals surface area (Å²) in [5, 5.41) is 10.6. The fraction of sp³-hybridized carbons (Fsp3) is 0.200. The highest BCUT2D eigenvalue weighted by Crippen LogP contribution is 2.12. The van der Waals surface area contributed by atoms with E-state index in [0.29, 0.717) is 12.2 Å². The second kappa shape index (κ2) is 4.36. The Morgan fingerprint density at radius 3 is 2.81 bits per heavy atom. The summed E-state index contributed by atoms with van der Waals surface area (Å²) in [7, 11) is 1.79. The second-order valence-corrected chi connectivity index (χ2v) is 3.28. The van der Waals surface area contributed by atoms with Crippen molar-refractivity contribution in [2.75, 3.05) is 7.05 Å². The van der Waals surface area contributed by atoms with Crippen LogP contribution in [0.1, 0.15) is 5.69 Å². The number of halogens is 2. The number of hydrogen-bond acceptors (Lipinski definition) is 3. The van der Waals surface area contributed by atoms with Gasteiger partial charge in [0.2, 0.25) is 0 Å². The molecule has 2 rings (SSSR count). The first-order valence-corrected chi connectivity index (χ1v) is 4.72. The van der Waals surface area contributed by atoms with Crippen LogP contribution in [0.4, 0.5) is 8.78 Å². The quantitative estimate of drug-likeness (QED) is 0.853. The van der Waals surface area contributed by atoms with Crippen LogP contribution in [-0.4, -0.2) is 22.0 Å². The molecule has 0 fully saturated rings. The Kier molecular flexibility index (Phi) is 2.91. The van der Waals surface area contributed by atoms with Crippen molar-refractivity contribution < 1.29 is 8.78 Å². The summed E-state index contributed by atoms with van der Waals surface area (Å²) in [6.45, 7) is 0.573. The zero-order chi connectivity index (χ0) is 11.5. The molecule has 16 heavy (non-hydrogen) atoms. The van der Waals surface area contributed by atoms with Crippen molar-refractivity contribution in [3.63, 3.8) is 0 Å². The highest BCUT2D eigenvalue weighted by Gasteiger charge is 2.06. The van der Waals surface area contributed by atoms with Gasteiger partial charge in [0.15, 0.2) is 11.6 Å². The predicted molar refractivity (Wildman–Crippen MR) is 54.0 cm³/mol. The number of nitrogens with one attached hydrogen (secondary N) is 1. The molecule has 1 heterocycles. The van der Waals surface area contributed by atoms with Crippen LogP contribution in [-0.2, 0) is 6.54 Å². The normalized spacial score (nSPS) is 10.7. The van der Waals surface area contributed by atoms with Crippen LogP contribution >= 0.6 is 0 Å². The zero-order valence-electron chi connectivity index (χ0n) is 8.61. The lowest BCUT2D eigenvalue weighted by atomic mass is 10.3. The lowest BCUT2D eigenvalue weighted by Gasteiger charge is -2.00. The van der Waals surface area contributed by atoms with Crippen LogP contribution in [0.3, 0.4) is 0 Å². The fourth-order valence-electron chi connectivity index (χ4n) is 1.31. The third kappa shape index (κ3) is 2.06. The number of nitrogens with zero attached hydrogens (tertiary/aromatic N) is 3. The van der Waals surface area contributed by atoms with Gasteiger partial charge in [0, 0.05) is 12.6 Å². The smallest absolute Gasteiger partial charge is 0.160 e. The lowest BCUT2D eigenvalue weighted by Crippen LogP contribution is -2.05. The Balaban J connectivity index is 2.31. The number of rotatable bonds is 3. The Morgan fingerprint density at radius 2 is 2.12 bits per heavy atom. The van der Waals surface area contributed by atoms with Crippen LogP contribution in [0.25, 0.3) is 5.69 Å². The first kappa shape index (κ1) is 10.7. The van der Waals surface area contributed by atoms with Crippen molar-refractivity contribution in [1.29, 1.82) is 0 Å². The Labute approximate surface area is 90.9 Å². The number of hydrogen-bond donors (Lipinski definition) is 1. The van der Waals surface area contributed by atoms with E-state index in [1.54, 1.807) is 13.2 Å². The molecule has 0 atom stereocenters. The molecule has 0 saturated heterocycles. The summed E-state index contributed by atoms with van der Waals surface area (Å²) in [6, 6.07) is 3.58. The standard InChI is InChI=1S/C10H10F2N4/c1-13-5-7-6-16(15-14-7)8-2-3-9(11)10(12)4-8/h2-4,6,13H,5H2,1H3. The van der Waals surface area contributed by atoms with Crippen LogP contribution in [0.2, 0.25) is 0 Å². The molecular weight excluding hydrogens is 214 g/mol. The molecule has 0 aliphatic carbocycles. The largest absolute Gasteiger partial charge is 0.314 e. The van der Waals surface area contributed by atoms with E-state index in [4.69, 9.17) is 0 Å². The van der Waals surface area contributed by atoms with Gasteiger partial charge in [-0.05, 0) is 19.2 Å². The summed E-state index contributed by atoms with van der Waals surface area (Å²) in [5.41, 5.74) is 1.17. The SMILES string of the molecule is CNCc1cn(-c2ccc(F)c(F)c2)nn1. The molecule has 2 aromatic rings. The van der Waals surface area contributed by atoms with E-state index in [1.807, 2.05) is 0 Å². The average Bonchev–Trinajstić information content (AvgIpc) is 2.71. The topological polar surface area (TPSA) is 42.7 Å². The third-order valence-corrected chi connectivity index (χ3v) is 2.07. The molecule has 4 nitrogen and oxygen atoms in total. The van der Waals surface area contributed by atoms with Crippen LogP contribution < -0.4 is 5.32 Å². The molecule has 0 aliphatic rings. The Morgan fingerprint density at radius 1 is 1.31 bits per heavy atom. The molecule has 1 aromatic heterocycles. The van der Waals surface area contributed by atoms with Crippen LogP contribution in [0.15, 0.2) is 24.4 Å². The molecule has 0 aliphatic heterocycles. The molecule has 0 spiro atoms. The summed E-state index contributed by atoms with van der Waals surface area (Å²) in [5.74, 6) is -1.78. The minimum Gasteiger partial charge on any atom is -0.314 e. The van der Waals surface area contributed by atoms with Gasteiger partial charge < -0.3 is 5.32 Å². The van der Waals surface area contributed by atoms with Gasteiger partial charge in [-0.15, -0.1) is 5.10 Å². The predicted octanol–water partition coefficient (Wildman–Crippen LogP) is 1.26. The van der Waals surface area contributed by atoms with Gasteiger partial charge in [-0.1, -0.05) is 5.21 Å². The van der Waals surface area contributed by atoms with Gasteiger partial charge in [-0.3, -0.25) is 0 Å². The summed E-state index contributed by atoms with van der Waals surface area (Å²) in [4.78, 5) is 0. The van der Waals surface area contributed by atoms with E-state index >= 15 is 0 Å². The number of benzene rings is 1. The number of aromatic nitrogens is 3. The molecule has 0 amide bonds. The van der Waals surface area contributed by atoms with E-state index in [9.17, 15) is 8.78 Å². The first-order chi connectivity index (χ1) is 7.70. The van der Waals surface area contributed by atoms with Crippen LogP contribution in [0, 0.1) is 11.6 Å². The first-order valence-electron chi connectivity index (χ1n) is 4.72. The van der Waals surface area contributed by atoms with E-state index in [-0.39, 0.29) is 0 Å². The molecule has 6 heteroatoms. The molecule has 0 saturated carbocycles. The van der Waals surface area contributed by atoms with E-state index in [2.05, 4.69) is 15.6 Å². The molecule has 0 radical (unpaired) electrons. The summed E-state index contributed by atoms with van der Waals surface area (Å²) in [6.07, 6.45) is 1.66. The van der Waals surface area contributed by atoms with Crippen molar-refractivity contribution in [3.8, 4) is 5.69 Å². The summed E-state index contributed by atoms with van der Waals surface area (Å²) >= 11 is 0. The van der Waals surface area contributed by atoms with Gasteiger partial charge in [-0.2, -0.15) is 0 Å². The third-order valence-electron chi connectivity index (χ3n) is 2.07. The Hall–Kier alpha value is -1.82. The molecular formula is C10H10F2N4. The van der Waals surface area contributed by atoms with E-state index in [1.165, 1.54) is 10.7 Å². The van der Waals surface area contributed by atoms with E-state index in [0.717, 1.165) is 17.8 Å². The minimum atomic E-state index is -0.900. The summed E-state index contributed by atoms with van der Waals surface area (Å²) < 4.78 is 27.1. The average molecular weight is 224 g/mol. The van der Waals surface area contributed by atoms with Crippen molar-refractivity contribution in [3.05, 3.63) is 41.7 Å². The maximum atomic E-state index is 13.0. The highest BCUT2D eigenvalue weighted by molar-refractivity contribution is 5.31. The van der Waals surface area contributed by atoms with Crippen molar-refractivity contribution in [2.24, 2.45) is 0 Å². The van der Waals surface area contributed by atoms with Gasteiger partial charge in [-0.25, -0.2) is 13.5 Å². The maximum absolute atomic E-state index is 13.0. The molecule has 1 aromatic carbocycles. The van der Waals surface area contributed by atoms with Gasteiger partial charge in [0.05, 0.1) is 17.6 Å². The van der Waals surface area contributed by atoms with Gasteiger partial charge in [0.1, 0.15) is 0 Å². The van der Waals surface area contributed by atoms with Crippen molar-refractivity contribution in [1.82, 2.24) is 20.3 Å². The molecule has 0 bridgehead atoms. The molecule has 1 N–H and O–H groups in total. The van der Waals surface area contributed by atoms with Crippen molar-refractivity contribution >= 4 is 0 Å². The molecule has 84 valence electrons. The monoisotopic (exact) mass is 224 g/mol. The minimum absolute atomic E-state index is 0.439. The molecule has 0 unspecified atom stereocenters.